The van der Waals surface area contributed by atoms with E-state index < -0.39 is 21.8 Å². The van der Waals surface area contributed by atoms with Crippen molar-refractivity contribution >= 4 is 113 Å². The number of phosphoric ester groups is 2. The number of carbonyl (C=O) groups excluding carboxylic acids is 1. The molecule has 0 rings (SSSR count). The molecule has 0 aliphatic heterocycles. The van der Waals surface area contributed by atoms with E-state index in [9.17, 15) is 33.5 Å². The van der Waals surface area contributed by atoms with Crippen molar-refractivity contribution in [3.8, 4) is 0 Å². The third kappa shape index (κ3) is 16.9. The Kier molecular flexibility index (Phi) is 13.4. The molecular weight excluding hydrogens is 393 g/mol. The second-order valence-electron chi connectivity index (χ2n) is 1.33. The van der Waals surface area contributed by atoms with Gasteiger partial charge in [0.2, 0.25) is 0 Å². The average Bonchev–Trinajstić information content (AvgIpc) is 1.49. The minimum Gasteiger partial charge on any atom is -0.780 e. The molecule has 0 aliphatic carbocycles. The van der Waals surface area contributed by atoms with E-state index in [1.54, 1.807) is 0 Å². The molecule has 0 aromatic rings. The van der Waals surface area contributed by atoms with Gasteiger partial charge in [-0.2, -0.15) is 0 Å². The molecule has 0 aliphatic rings. The van der Waals surface area contributed by atoms with Crippen LogP contribution < -0.4 is 19.6 Å². The summed E-state index contributed by atoms with van der Waals surface area (Å²) in [6.45, 7) is 0. The predicted molar refractivity (Wildman–Crippen MR) is 34.3 cm³/mol. The standard InChI is InChI=1S/CH4O9P2.2Sr/c2-1(9-11(3,4)5)10-12(6,7)8;;/h(H2,3,4,5)(H2,6,7,8);;/q;2*+2/p-4. The van der Waals surface area contributed by atoms with E-state index in [1.165, 1.54) is 0 Å². The van der Waals surface area contributed by atoms with Crippen LogP contribution in [0.3, 0.4) is 0 Å². The van der Waals surface area contributed by atoms with Gasteiger partial charge >= 0.3 is 97.1 Å². The molecule has 0 atom stereocenters. The van der Waals surface area contributed by atoms with Crippen molar-refractivity contribution < 1.29 is 42.5 Å². The van der Waals surface area contributed by atoms with Crippen LogP contribution in [0, 0.1) is 0 Å². The summed E-state index contributed by atoms with van der Waals surface area (Å²) >= 11 is 0. The smallest absolute Gasteiger partial charge is 0.780 e. The molecule has 0 spiro atoms. The van der Waals surface area contributed by atoms with Crippen molar-refractivity contribution in [2.75, 3.05) is 0 Å². The first-order valence-corrected chi connectivity index (χ1v) is 4.99. The number of hydrogen-bond acceptors (Lipinski definition) is 9. The van der Waals surface area contributed by atoms with E-state index in [4.69, 9.17) is 0 Å². The quantitative estimate of drug-likeness (QED) is 0.336. The van der Waals surface area contributed by atoms with Crippen LogP contribution in [0.2, 0.25) is 0 Å². The van der Waals surface area contributed by atoms with Gasteiger partial charge in [0, 0.05) is 0 Å². The maximum absolute atomic E-state index is 9.89. The van der Waals surface area contributed by atoms with Crippen molar-refractivity contribution in [2.24, 2.45) is 0 Å². The minimum atomic E-state index is -5.68. The summed E-state index contributed by atoms with van der Waals surface area (Å²) in [5.74, 6) is 0. The van der Waals surface area contributed by atoms with Crippen LogP contribution in [0.5, 0.6) is 0 Å². The van der Waals surface area contributed by atoms with Gasteiger partial charge in [0.1, 0.15) is 15.6 Å². The zero-order chi connectivity index (χ0) is 9.99. The van der Waals surface area contributed by atoms with Crippen LogP contribution in [-0.2, 0) is 18.2 Å². The Morgan fingerprint density at radius 1 is 0.857 bits per heavy atom. The Hall–Kier alpha value is 2.53. The summed E-state index contributed by atoms with van der Waals surface area (Å²) < 4.78 is 24.8. The van der Waals surface area contributed by atoms with E-state index in [2.05, 4.69) is 9.05 Å². The molecule has 0 bridgehead atoms. The molecule has 0 saturated heterocycles. The SMILES string of the molecule is O=C(OP(=O)([O-])[O-])OP(=O)([O-])[O-].[Sr+2].[Sr+2]. The van der Waals surface area contributed by atoms with E-state index in [0.29, 0.717) is 0 Å². The summed E-state index contributed by atoms with van der Waals surface area (Å²) in [6.07, 6.45) is -2.39. The maximum Gasteiger partial charge on any atom is 2.00 e. The molecule has 0 fully saturated rings. The van der Waals surface area contributed by atoms with Crippen molar-refractivity contribution in [2.45, 2.75) is 0 Å². The second kappa shape index (κ2) is 8.60. The molecule has 0 aromatic heterocycles. The zero-order valence-corrected chi connectivity index (χ0v) is 15.2. The maximum atomic E-state index is 9.89. The first-order chi connectivity index (χ1) is 5.10. The van der Waals surface area contributed by atoms with Gasteiger partial charge in [-0.15, -0.1) is 0 Å². The topological polar surface area (TPSA) is 162 Å². The van der Waals surface area contributed by atoms with Gasteiger partial charge in [-0.3, -0.25) is 0 Å². The Morgan fingerprint density at radius 3 is 1.21 bits per heavy atom. The normalized spacial score (nSPS) is 10.6. The van der Waals surface area contributed by atoms with Crippen LogP contribution in [0.4, 0.5) is 4.79 Å². The molecule has 0 aromatic carbocycles. The monoisotopic (exact) mass is 394 g/mol. The number of phosphoric acid groups is 2. The third-order valence-corrected chi connectivity index (χ3v) is 1.12. The Labute approximate surface area is 152 Å². The van der Waals surface area contributed by atoms with E-state index in [1.807, 2.05) is 0 Å². The first-order valence-electron chi connectivity index (χ1n) is 2.07. The molecule has 0 N–H and O–H groups in total. The molecule has 0 heterocycles. The summed E-state index contributed by atoms with van der Waals surface area (Å²) in [7, 11) is -11.4. The molecule has 72 valence electrons. The van der Waals surface area contributed by atoms with E-state index >= 15 is 0 Å². The van der Waals surface area contributed by atoms with Crippen molar-refractivity contribution in [3.63, 3.8) is 0 Å². The molecular formula is CO9P2Sr2. The fourth-order valence-corrected chi connectivity index (χ4v) is 0.698. The van der Waals surface area contributed by atoms with Gasteiger partial charge < -0.3 is 37.8 Å². The fraction of sp³-hybridized carbons (Fsp3) is 0. The van der Waals surface area contributed by atoms with Crippen LogP contribution in [0.25, 0.3) is 0 Å². The third-order valence-electron chi connectivity index (χ3n) is 0.373. The summed E-state index contributed by atoms with van der Waals surface area (Å²) in [4.78, 5) is 48.2. The molecule has 0 amide bonds. The van der Waals surface area contributed by atoms with E-state index in [-0.39, 0.29) is 91.0 Å². The van der Waals surface area contributed by atoms with Crippen LogP contribution in [0.1, 0.15) is 0 Å². The number of rotatable bonds is 2. The van der Waals surface area contributed by atoms with Gasteiger partial charge in [0.05, 0.1) is 0 Å². The average molecular weight is 393 g/mol. The second-order valence-corrected chi connectivity index (χ2v) is 3.48. The molecule has 0 saturated carbocycles. The van der Waals surface area contributed by atoms with Gasteiger partial charge in [-0.25, -0.2) is 4.79 Å². The van der Waals surface area contributed by atoms with Crippen LogP contribution in [0.15, 0.2) is 0 Å². The van der Waals surface area contributed by atoms with Gasteiger partial charge in [-0.1, -0.05) is 0 Å². The molecule has 0 radical (unpaired) electrons. The summed E-state index contributed by atoms with van der Waals surface area (Å²) in [5, 5.41) is 0. The number of carbonyl (C=O) groups is 1. The largest absolute Gasteiger partial charge is 2.00 e. The van der Waals surface area contributed by atoms with Gasteiger partial charge in [0.15, 0.2) is 0 Å². The van der Waals surface area contributed by atoms with Crippen LogP contribution >= 0.6 is 15.6 Å². The minimum absolute atomic E-state index is 0. The van der Waals surface area contributed by atoms with Crippen molar-refractivity contribution in [1.29, 1.82) is 0 Å². The zero-order valence-electron chi connectivity index (χ0n) is 6.48. The molecule has 14 heavy (non-hydrogen) atoms. The summed E-state index contributed by atoms with van der Waals surface area (Å²) in [5.41, 5.74) is 0. The molecule has 13 heteroatoms. The van der Waals surface area contributed by atoms with Gasteiger partial charge in [-0.05, 0) is 0 Å². The first kappa shape index (κ1) is 21.8. The van der Waals surface area contributed by atoms with Crippen LogP contribution in [-0.4, -0.2) is 97.1 Å². The predicted octanol–water partition coefficient (Wildman–Crippen LogP) is -3.96. The molecule has 0 unspecified atom stereocenters. The Balaban J connectivity index is -0.000000605. The molecule has 9 nitrogen and oxygen atoms in total. The van der Waals surface area contributed by atoms with Crippen molar-refractivity contribution in [1.82, 2.24) is 0 Å². The van der Waals surface area contributed by atoms with Crippen molar-refractivity contribution in [3.05, 3.63) is 0 Å². The number of hydrogen-bond donors (Lipinski definition) is 0. The Bertz CT molecular complexity index is 236. The van der Waals surface area contributed by atoms with E-state index in [0.717, 1.165) is 0 Å². The van der Waals surface area contributed by atoms with Gasteiger partial charge in [0.25, 0.3) is 0 Å². The summed E-state index contributed by atoms with van der Waals surface area (Å²) in [6, 6.07) is 0. The Morgan fingerprint density at radius 2 is 1.07 bits per heavy atom. The fourth-order valence-electron chi connectivity index (χ4n) is 0.199.